The fourth-order valence-corrected chi connectivity index (χ4v) is 1.89. The largest absolute Gasteiger partial charge is 0.433 e. The lowest BCUT2D eigenvalue weighted by Crippen LogP contribution is -2.27. The predicted molar refractivity (Wildman–Crippen MR) is 67.2 cm³/mol. The molecule has 2 aromatic rings. The topological polar surface area (TPSA) is 56.0 Å². The van der Waals surface area contributed by atoms with Crippen molar-refractivity contribution in [3.05, 3.63) is 35.4 Å². The molecule has 0 saturated heterocycles. The Morgan fingerprint density at radius 2 is 2.00 bits per heavy atom. The van der Waals surface area contributed by atoms with Crippen LogP contribution in [0.2, 0.25) is 0 Å². The first-order valence-electron chi connectivity index (χ1n) is 6.03. The zero-order valence-electron chi connectivity index (χ0n) is 11.7. The third-order valence-corrected chi connectivity index (χ3v) is 2.90. The minimum atomic E-state index is -4.54. The molecule has 0 aliphatic rings. The second-order valence-corrected chi connectivity index (χ2v) is 4.68. The van der Waals surface area contributed by atoms with Crippen LogP contribution >= 0.6 is 0 Å². The Morgan fingerprint density at radius 3 is 2.48 bits per heavy atom. The summed E-state index contributed by atoms with van der Waals surface area (Å²) in [4.78, 5) is 13.4. The van der Waals surface area contributed by atoms with Gasteiger partial charge >= 0.3 is 6.18 Å². The van der Waals surface area contributed by atoms with Crippen LogP contribution in [0.3, 0.4) is 0 Å². The summed E-state index contributed by atoms with van der Waals surface area (Å²) < 4.78 is 40.3. The minimum Gasteiger partial charge on any atom is -0.334 e. The van der Waals surface area contributed by atoms with Gasteiger partial charge in [-0.05, 0) is 6.07 Å². The molecule has 0 N–H and O–H groups in total. The van der Waals surface area contributed by atoms with Gasteiger partial charge < -0.3 is 4.90 Å². The van der Waals surface area contributed by atoms with E-state index in [1.165, 1.54) is 11.9 Å². The minimum absolute atomic E-state index is 0.192. The van der Waals surface area contributed by atoms with Crippen LogP contribution in [0.15, 0.2) is 18.3 Å². The summed E-state index contributed by atoms with van der Waals surface area (Å²) in [5.41, 5.74) is -0.569. The Labute approximate surface area is 118 Å². The van der Waals surface area contributed by atoms with Crippen LogP contribution in [0, 0.1) is 0 Å². The van der Waals surface area contributed by atoms with Crippen molar-refractivity contribution >= 4 is 5.91 Å². The molecule has 9 heteroatoms. The van der Waals surface area contributed by atoms with Crippen molar-refractivity contribution in [2.45, 2.75) is 12.7 Å². The number of aryl methyl sites for hydroxylation is 2. The third-order valence-electron chi connectivity index (χ3n) is 2.90. The molecule has 0 aliphatic heterocycles. The number of nitrogens with zero attached hydrogens (tertiary/aromatic N) is 5. The van der Waals surface area contributed by atoms with Crippen molar-refractivity contribution in [2.24, 2.45) is 14.1 Å². The molecule has 2 heterocycles. The first kappa shape index (κ1) is 15.1. The third kappa shape index (κ3) is 3.23. The molecular formula is C12H14F3N5O. The predicted octanol–water partition coefficient (Wildman–Crippen LogP) is 1.44. The van der Waals surface area contributed by atoms with Crippen LogP contribution < -0.4 is 0 Å². The molecule has 0 radical (unpaired) electrons. The molecule has 2 rings (SSSR count). The molecule has 114 valence electrons. The maximum Gasteiger partial charge on any atom is 0.433 e. The molecule has 0 unspecified atom stereocenters. The van der Waals surface area contributed by atoms with Crippen molar-refractivity contribution in [1.82, 2.24) is 24.5 Å². The van der Waals surface area contributed by atoms with Gasteiger partial charge in [0.15, 0.2) is 5.69 Å². The average Bonchev–Trinajstić information content (AvgIpc) is 2.94. The molecule has 21 heavy (non-hydrogen) atoms. The standard InChI is InChI=1S/C12H14F3N5O/c1-18(7-8-4-5-19(2)16-8)11(21)9-6-10(12(13,14)15)20(3)17-9/h4-6H,7H2,1-3H3. The van der Waals surface area contributed by atoms with Gasteiger partial charge in [0.05, 0.1) is 12.2 Å². The normalized spacial score (nSPS) is 11.7. The summed E-state index contributed by atoms with van der Waals surface area (Å²) in [6, 6.07) is 2.47. The zero-order chi connectivity index (χ0) is 15.8. The van der Waals surface area contributed by atoms with Gasteiger partial charge in [-0.15, -0.1) is 0 Å². The number of hydrogen-bond donors (Lipinski definition) is 0. The van der Waals surface area contributed by atoms with Crippen LogP contribution in [-0.4, -0.2) is 37.4 Å². The van der Waals surface area contributed by atoms with E-state index in [2.05, 4.69) is 10.2 Å². The molecule has 0 aliphatic carbocycles. The van der Waals surface area contributed by atoms with Crippen LogP contribution in [0.4, 0.5) is 13.2 Å². The van der Waals surface area contributed by atoms with Crippen molar-refractivity contribution in [1.29, 1.82) is 0 Å². The van der Waals surface area contributed by atoms with Crippen molar-refractivity contribution in [2.75, 3.05) is 7.05 Å². The maximum absolute atomic E-state index is 12.7. The lowest BCUT2D eigenvalue weighted by Gasteiger charge is -2.13. The number of rotatable bonds is 3. The summed E-state index contributed by atoms with van der Waals surface area (Å²) >= 11 is 0. The van der Waals surface area contributed by atoms with Gasteiger partial charge in [0, 0.05) is 33.4 Å². The monoisotopic (exact) mass is 301 g/mol. The van der Waals surface area contributed by atoms with Crippen LogP contribution in [0.1, 0.15) is 21.9 Å². The number of alkyl halides is 3. The van der Waals surface area contributed by atoms with E-state index in [0.29, 0.717) is 10.4 Å². The van der Waals surface area contributed by atoms with Gasteiger partial charge in [-0.3, -0.25) is 14.2 Å². The highest BCUT2D eigenvalue weighted by molar-refractivity contribution is 5.92. The summed E-state index contributed by atoms with van der Waals surface area (Å²) in [6.45, 7) is 0.192. The Bertz CT molecular complexity index is 658. The Kier molecular flexibility index (Phi) is 3.75. The Balaban J connectivity index is 2.16. The van der Waals surface area contributed by atoms with Crippen molar-refractivity contribution in [3.8, 4) is 0 Å². The highest BCUT2D eigenvalue weighted by atomic mass is 19.4. The van der Waals surface area contributed by atoms with Crippen molar-refractivity contribution in [3.63, 3.8) is 0 Å². The smallest absolute Gasteiger partial charge is 0.334 e. The van der Waals surface area contributed by atoms with Gasteiger partial charge in [0.1, 0.15) is 5.69 Å². The van der Waals surface area contributed by atoms with Gasteiger partial charge in [-0.25, -0.2) is 0 Å². The van der Waals surface area contributed by atoms with Crippen LogP contribution in [-0.2, 0) is 26.8 Å². The van der Waals surface area contributed by atoms with E-state index >= 15 is 0 Å². The van der Waals surface area contributed by atoms with E-state index in [4.69, 9.17) is 0 Å². The number of halogens is 3. The molecule has 0 bridgehead atoms. The number of aromatic nitrogens is 4. The molecule has 6 nitrogen and oxygen atoms in total. The zero-order valence-corrected chi connectivity index (χ0v) is 11.7. The van der Waals surface area contributed by atoms with E-state index < -0.39 is 17.8 Å². The molecule has 1 amide bonds. The van der Waals surface area contributed by atoms with Crippen molar-refractivity contribution < 1.29 is 18.0 Å². The number of amides is 1. The Hall–Kier alpha value is -2.32. The molecule has 0 fully saturated rings. The number of hydrogen-bond acceptors (Lipinski definition) is 3. The highest BCUT2D eigenvalue weighted by Gasteiger charge is 2.36. The van der Waals surface area contributed by atoms with E-state index in [0.717, 1.165) is 13.1 Å². The van der Waals surface area contributed by atoms with Crippen LogP contribution in [0.25, 0.3) is 0 Å². The molecular weight excluding hydrogens is 287 g/mol. The highest BCUT2D eigenvalue weighted by Crippen LogP contribution is 2.29. The summed E-state index contributed by atoms with van der Waals surface area (Å²) in [5.74, 6) is -0.591. The second-order valence-electron chi connectivity index (χ2n) is 4.68. The van der Waals surface area contributed by atoms with Gasteiger partial charge in [0.25, 0.3) is 5.91 Å². The summed E-state index contributed by atoms with van der Waals surface area (Å²) in [6.07, 6.45) is -2.82. The maximum atomic E-state index is 12.7. The molecule has 0 saturated carbocycles. The summed E-state index contributed by atoms with van der Waals surface area (Å²) in [5, 5.41) is 7.73. The van der Waals surface area contributed by atoms with E-state index in [1.54, 1.807) is 24.0 Å². The van der Waals surface area contributed by atoms with Gasteiger partial charge in [-0.2, -0.15) is 23.4 Å². The first-order chi connectivity index (χ1) is 9.68. The lowest BCUT2D eigenvalue weighted by molar-refractivity contribution is -0.143. The number of carbonyl (C=O) groups excluding carboxylic acids is 1. The van der Waals surface area contributed by atoms with E-state index in [9.17, 15) is 18.0 Å². The van der Waals surface area contributed by atoms with Gasteiger partial charge in [-0.1, -0.05) is 0 Å². The van der Waals surface area contributed by atoms with Gasteiger partial charge in [0.2, 0.25) is 0 Å². The molecule has 0 spiro atoms. The second kappa shape index (κ2) is 5.23. The fourth-order valence-electron chi connectivity index (χ4n) is 1.89. The van der Waals surface area contributed by atoms with E-state index in [-0.39, 0.29) is 12.2 Å². The first-order valence-corrected chi connectivity index (χ1v) is 6.03. The van der Waals surface area contributed by atoms with E-state index in [1.807, 2.05) is 0 Å². The lowest BCUT2D eigenvalue weighted by atomic mass is 10.3. The van der Waals surface area contributed by atoms with Crippen LogP contribution in [0.5, 0.6) is 0 Å². The Morgan fingerprint density at radius 1 is 1.33 bits per heavy atom. The summed E-state index contributed by atoms with van der Waals surface area (Å²) in [7, 11) is 4.37. The quantitative estimate of drug-likeness (QED) is 0.862. The molecule has 0 atom stereocenters. The number of carbonyl (C=O) groups is 1. The molecule has 0 aromatic carbocycles. The fraction of sp³-hybridized carbons (Fsp3) is 0.417. The molecule has 2 aromatic heterocycles. The SMILES string of the molecule is CN(Cc1ccn(C)n1)C(=O)c1cc(C(F)(F)F)n(C)n1. The average molecular weight is 301 g/mol.